The van der Waals surface area contributed by atoms with Crippen LogP contribution in [0.3, 0.4) is 0 Å². The highest BCUT2D eigenvalue weighted by Gasteiger charge is 2.27. The van der Waals surface area contributed by atoms with E-state index in [0.29, 0.717) is 0 Å². The van der Waals surface area contributed by atoms with Gasteiger partial charge in [0, 0.05) is 19.1 Å². The highest BCUT2D eigenvalue weighted by molar-refractivity contribution is 5.45. The molecule has 1 aliphatic heterocycles. The molecule has 0 aromatic carbocycles. The number of aromatic nitrogens is 1. The van der Waals surface area contributed by atoms with Gasteiger partial charge in [0.25, 0.3) is 0 Å². The second kappa shape index (κ2) is 4.63. The maximum atomic E-state index is 9.90. The first-order valence-electron chi connectivity index (χ1n) is 6.17. The summed E-state index contributed by atoms with van der Waals surface area (Å²) in [6.45, 7) is 5.60. The van der Waals surface area contributed by atoms with Crippen molar-refractivity contribution in [3.8, 4) is 0 Å². The van der Waals surface area contributed by atoms with E-state index in [1.807, 2.05) is 26.1 Å². The van der Waals surface area contributed by atoms with E-state index in [1.54, 1.807) is 0 Å². The molecule has 4 nitrogen and oxygen atoms in total. The molecule has 1 unspecified atom stereocenters. The summed E-state index contributed by atoms with van der Waals surface area (Å²) in [6.07, 6.45) is 3.49. The fourth-order valence-corrected chi connectivity index (χ4v) is 2.10. The monoisotopic (exact) mass is 235 g/mol. The Morgan fingerprint density at radius 2 is 2.06 bits per heavy atom. The van der Waals surface area contributed by atoms with E-state index in [1.165, 1.54) is 0 Å². The number of nitrogens with two attached hydrogens (primary N) is 1. The Morgan fingerprint density at radius 3 is 2.53 bits per heavy atom. The third-order valence-corrected chi connectivity index (χ3v) is 3.44. The van der Waals surface area contributed by atoms with Gasteiger partial charge in [0.05, 0.1) is 23.2 Å². The molecule has 2 rings (SSSR count). The van der Waals surface area contributed by atoms with Gasteiger partial charge >= 0.3 is 0 Å². The summed E-state index contributed by atoms with van der Waals surface area (Å²) in [5.74, 6) is 0. The molecule has 1 saturated heterocycles. The van der Waals surface area contributed by atoms with Crippen LogP contribution in [0.2, 0.25) is 0 Å². The fourth-order valence-electron chi connectivity index (χ4n) is 2.10. The normalized spacial score (nSPS) is 21.3. The van der Waals surface area contributed by atoms with Crippen LogP contribution in [0.25, 0.3) is 0 Å². The molecule has 0 spiro atoms. The van der Waals surface area contributed by atoms with Gasteiger partial charge in [0.15, 0.2) is 0 Å². The van der Waals surface area contributed by atoms with E-state index in [4.69, 9.17) is 5.73 Å². The highest BCUT2D eigenvalue weighted by atomic mass is 16.3. The topological polar surface area (TPSA) is 62.4 Å². The standard InChI is InChI=1S/C13H21N3O/c1-10(14)12-4-3-11(9-15-12)16-7-5-13(2,17)6-8-16/h3-4,9-10,17H,5-8,14H2,1-2H3. The zero-order chi connectivity index (χ0) is 12.5. The second-order valence-electron chi connectivity index (χ2n) is 5.21. The number of piperidine rings is 1. The van der Waals surface area contributed by atoms with Crippen LogP contribution in [0.1, 0.15) is 38.4 Å². The van der Waals surface area contributed by atoms with Crippen molar-refractivity contribution >= 4 is 5.69 Å². The Labute approximate surface area is 102 Å². The van der Waals surface area contributed by atoms with E-state index < -0.39 is 5.60 Å². The van der Waals surface area contributed by atoms with E-state index in [9.17, 15) is 5.11 Å². The average Bonchev–Trinajstić information content (AvgIpc) is 2.29. The molecule has 1 aromatic rings. The SMILES string of the molecule is CC(N)c1ccc(N2CCC(C)(O)CC2)cn1. The average molecular weight is 235 g/mol. The summed E-state index contributed by atoms with van der Waals surface area (Å²) >= 11 is 0. The van der Waals surface area contributed by atoms with Gasteiger partial charge in [0.1, 0.15) is 0 Å². The Hall–Kier alpha value is -1.13. The predicted molar refractivity (Wildman–Crippen MR) is 68.9 cm³/mol. The van der Waals surface area contributed by atoms with Gasteiger partial charge < -0.3 is 15.7 Å². The minimum atomic E-state index is -0.504. The molecule has 3 N–H and O–H groups in total. The van der Waals surface area contributed by atoms with Crippen molar-refractivity contribution in [2.24, 2.45) is 5.73 Å². The first-order valence-corrected chi connectivity index (χ1v) is 6.17. The van der Waals surface area contributed by atoms with Crippen molar-refractivity contribution in [1.82, 2.24) is 4.98 Å². The minimum Gasteiger partial charge on any atom is -0.390 e. The molecule has 1 aromatic heterocycles. The molecule has 17 heavy (non-hydrogen) atoms. The fraction of sp³-hybridized carbons (Fsp3) is 0.615. The van der Waals surface area contributed by atoms with E-state index >= 15 is 0 Å². The molecule has 94 valence electrons. The number of nitrogens with zero attached hydrogens (tertiary/aromatic N) is 2. The molecular weight excluding hydrogens is 214 g/mol. The lowest BCUT2D eigenvalue weighted by molar-refractivity contribution is 0.0351. The Bertz CT molecular complexity index is 363. The van der Waals surface area contributed by atoms with Crippen LogP contribution < -0.4 is 10.6 Å². The largest absolute Gasteiger partial charge is 0.390 e. The van der Waals surface area contributed by atoms with Crippen molar-refractivity contribution in [2.75, 3.05) is 18.0 Å². The molecule has 1 atom stereocenters. The third-order valence-electron chi connectivity index (χ3n) is 3.44. The molecular formula is C13H21N3O. The smallest absolute Gasteiger partial charge is 0.0653 e. The Morgan fingerprint density at radius 1 is 1.41 bits per heavy atom. The van der Waals surface area contributed by atoms with Gasteiger partial charge in [-0.1, -0.05) is 0 Å². The van der Waals surface area contributed by atoms with Crippen LogP contribution in [0.4, 0.5) is 5.69 Å². The summed E-state index contributed by atoms with van der Waals surface area (Å²) in [5.41, 5.74) is 7.29. The van der Waals surface area contributed by atoms with Crippen molar-refractivity contribution in [2.45, 2.75) is 38.3 Å². The van der Waals surface area contributed by atoms with Crippen molar-refractivity contribution < 1.29 is 5.11 Å². The molecule has 1 aliphatic rings. The number of hydrogen-bond donors (Lipinski definition) is 2. The highest BCUT2D eigenvalue weighted by Crippen LogP contribution is 2.25. The van der Waals surface area contributed by atoms with E-state index in [0.717, 1.165) is 37.3 Å². The zero-order valence-electron chi connectivity index (χ0n) is 10.6. The number of pyridine rings is 1. The van der Waals surface area contributed by atoms with Crippen LogP contribution in [-0.2, 0) is 0 Å². The molecule has 0 saturated carbocycles. The van der Waals surface area contributed by atoms with Crippen molar-refractivity contribution in [3.05, 3.63) is 24.0 Å². The van der Waals surface area contributed by atoms with Crippen LogP contribution in [0.15, 0.2) is 18.3 Å². The summed E-state index contributed by atoms with van der Waals surface area (Å²) < 4.78 is 0. The lowest BCUT2D eigenvalue weighted by Gasteiger charge is -2.37. The van der Waals surface area contributed by atoms with Crippen molar-refractivity contribution in [3.63, 3.8) is 0 Å². The quantitative estimate of drug-likeness (QED) is 0.814. The van der Waals surface area contributed by atoms with E-state index in [-0.39, 0.29) is 6.04 Å². The molecule has 0 amide bonds. The zero-order valence-corrected chi connectivity index (χ0v) is 10.6. The molecule has 4 heteroatoms. The van der Waals surface area contributed by atoms with Crippen LogP contribution in [0, 0.1) is 0 Å². The number of anilines is 1. The molecule has 2 heterocycles. The van der Waals surface area contributed by atoms with Gasteiger partial charge in [-0.15, -0.1) is 0 Å². The number of rotatable bonds is 2. The number of aliphatic hydroxyl groups is 1. The summed E-state index contributed by atoms with van der Waals surface area (Å²) in [6, 6.07) is 4.02. The minimum absolute atomic E-state index is 0.0221. The van der Waals surface area contributed by atoms with Crippen LogP contribution in [0.5, 0.6) is 0 Å². The molecule has 0 aliphatic carbocycles. The van der Waals surface area contributed by atoms with Crippen LogP contribution >= 0.6 is 0 Å². The van der Waals surface area contributed by atoms with Gasteiger partial charge in [-0.05, 0) is 38.8 Å². The van der Waals surface area contributed by atoms with Crippen molar-refractivity contribution in [1.29, 1.82) is 0 Å². The second-order valence-corrected chi connectivity index (χ2v) is 5.21. The van der Waals surface area contributed by atoms with Gasteiger partial charge in [-0.2, -0.15) is 0 Å². The lowest BCUT2D eigenvalue weighted by atomic mass is 9.93. The molecule has 0 bridgehead atoms. The maximum absolute atomic E-state index is 9.90. The molecule has 0 radical (unpaired) electrons. The van der Waals surface area contributed by atoms with Gasteiger partial charge in [-0.3, -0.25) is 4.98 Å². The first-order chi connectivity index (χ1) is 7.98. The molecule has 1 fully saturated rings. The van der Waals surface area contributed by atoms with E-state index in [2.05, 4.69) is 16.0 Å². The van der Waals surface area contributed by atoms with Crippen LogP contribution in [-0.4, -0.2) is 28.8 Å². The maximum Gasteiger partial charge on any atom is 0.0653 e. The first kappa shape index (κ1) is 12.3. The lowest BCUT2D eigenvalue weighted by Crippen LogP contribution is -2.42. The predicted octanol–water partition coefficient (Wildman–Crippen LogP) is 1.45. The Kier molecular flexibility index (Phi) is 3.35. The Balaban J connectivity index is 2.04. The van der Waals surface area contributed by atoms with Gasteiger partial charge in [0.2, 0.25) is 0 Å². The summed E-state index contributed by atoms with van der Waals surface area (Å²) in [5, 5.41) is 9.90. The summed E-state index contributed by atoms with van der Waals surface area (Å²) in [7, 11) is 0. The summed E-state index contributed by atoms with van der Waals surface area (Å²) in [4.78, 5) is 6.62. The third kappa shape index (κ3) is 2.96. The number of hydrogen-bond acceptors (Lipinski definition) is 4. The van der Waals surface area contributed by atoms with Gasteiger partial charge in [-0.25, -0.2) is 0 Å².